The lowest BCUT2D eigenvalue weighted by molar-refractivity contribution is -0.193. The summed E-state index contributed by atoms with van der Waals surface area (Å²) in [5, 5.41) is 16.8. The van der Waals surface area contributed by atoms with E-state index >= 15 is 0 Å². The smallest absolute Gasteiger partial charge is 0.490 e. The van der Waals surface area contributed by atoms with Crippen LogP contribution < -0.4 is 4.74 Å². The second-order valence-corrected chi connectivity index (χ2v) is 16.7. The lowest BCUT2D eigenvalue weighted by atomic mass is 9.72. The van der Waals surface area contributed by atoms with Crippen molar-refractivity contribution in [2.75, 3.05) is 47.4 Å². The first-order chi connectivity index (χ1) is 28.4. The van der Waals surface area contributed by atoms with Crippen LogP contribution in [-0.2, 0) is 9.59 Å². The van der Waals surface area contributed by atoms with Crippen molar-refractivity contribution in [2.45, 2.75) is 128 Å². The van der Waals surface area contributed by atoms with Crippen LogP contribution in [0.3, 0.4) is 0 Å². The number of halogens is 6. The molecule has 7 nitrogen and oxygen atoms in total. The maximum Gasteiger partial charge on any atom is 0.490 e. The van der Waals surface area contributed by atoms with Gasteiger partial charge < -0.3 is 24.7 Å². The van der Waals surface area contributed by atoms with Gasteiger partial charge in [-0.25, -0.2) is 9.59 Å². The molecule has 2 aliphatic rings. The lowest BCUT2D eigenvalue weighted by Gasteiger charge is -2.42. The number of allylic oxidation sites excluding steroid dienone is 2. The second-order valence-electron chi connectivity index (χ2n) is 16.7. The van der Waals surface area contributed by atoms with Crippen LogP contribution in [0, 0.1) is 23.7 Å². The highest BCUT2D eigenvalue weighted by Crippen LogP contribution is 2.37. The molecule has 2 heterocycles. The number of alkyl halides is 6. The third kappa shape index (κ3) is 21.8. The summed E-state index contributed by atoms with van der Waals surface area (Å²) in [4.78, 5) is 23.1. The quantitative estimate of drug-likeness (QED) is 0.125. The van der Waals surface area contributed by atoms with Crippen LogP contribution in [0.2, 0.25) is 0 Å². The van der Waals surface area contributed by atoms with Crippen LogP contribution in [-0.4, -0.2) is 91.7 Å². The summed E-state index contributed by atoms with van der Waals surface area (Å²) in [5.41, 5.74) is 1.29. The molecule has 13 heteroatoms. The van der Waals surface area contributed by atoms with Crippen LogP contribution in [0.5, 0.6) is 5.75 Å². The van der Waals surface area contributed by atoms with Crippen molar-refractivity contribution in [1.29, 1.82) is 0 Å². The van der Waals surface area contributed by atoms with Gasteiger partial charge in [0.15, 0.2) is 0 Å². The number of ether oxygens (including phenoxy) is 1. The van der Waals surface area contributed by atoms with E-state index in [0.29, 0.717) is 5.92 Å². The SMILES string of the molecule is C=C[C@@H]1[C@@H]2C[C@H](CCCCCCCCCCN(C)C[C@@H]1CCCCCCCC/C=C/c1ccc3cc(OC)ccc3c1)CN(C)C2.O=C(O)C(F)(F)F.O=C(O)C(F)(F)F. The van der Waals surface area contributed by atoms with Gasteiger partial charge in [0.1, 0.15) is 5.75 Å². The van der Waals surface area contributed by atoms with Crippen molar-refractivity contribution in [3.63, 3.8) is 0 Å². The van der Waals surface area contributed by atoms with Crippen molar-refractivity contribution in [3.8, 4) is 5.75 Å². The van der Waals surface area contributed by atoms with E-state index in [1.807, 2.05) is 6.07 Å². The summed E-state index contributed by atoms with van der Waals surface area (Å²) in [5.74, 6) is -1.53. The van der Waals surface area contributed by atoms with Gasteiger partial charge in [-0.2, -0.15) is 26.3 Å². The predicted molar refractivity (Wildman–Crippen MR) is 229 cm³/mol. The van der Waals surface area contributed by atoms with E-state index in [2.05, 4.69) is 79.0 Å². The number of hydrogen-bond acceptors (Lipinski definition) is 5. The normalized spacial score (nSPS) is 21.8. The zero-order valence-electron chi connectivity index (χ0n) is 36.1. The van der Waals surface area contributed by atoms with Crippen LogP contribution >= 0.6 is 0 Å². The minimum absolute atomic E-state index is 0.653. The first-order valence-corrected chi connectivity index (χ1v) is 21.8. The van der Waals surface area contributed by atoms with E-state index in [0.717, 1.165) is 23.5 Å². The van der Waals surface area contributed by atoms with Crippen molar-refractivity contribution in [1.82, 2.24) is 9.80 Å². The molecule has 2 aliphatic heterocycles. The monoisotopic (exact) mass is 857 g/mol. The molecule has 4 atom stereocenters. The van der Waals surface area contributed by atoms with Gasteiger partial charge in [-0.3, -0.25) is 0 Å². The Morgan fingerprint density at radius 1 is 0.750 bits per heavy atom. The zero-order chi connectivity index (χ0) is 44.6. The zero-order valence-corrected chi connectivity index (χ0v) is 36.1. The van der Waals surface area contributed by atoms with Gasteiger partial charge in [0.25, 0.3) is 0 Å². The number of benzene rings is 2. The number of carbonyl (C=O) groups is 2. The molecule has 2 aromatic carbocycles. The molecule has 340 valence electrons. The van der Waals surface area contributed by atoms with E-state index in [-0.39, 0.29) is 0 Å². The Kier molecular flexibility index (Phi) is 24.6. The molecule has 0 amide bonds. The average Bonchev–Trinajstić information content (AvgIpc) is 3.18. The van der Waals surface area contributed by atoms with Crippen LogP contribution in [0.25, 0.3) is 16.8 Å². The fraction of sp³-hybridized carbons (Fsp3) is 0.660. The Labute approximate surface area is 354 Å². The van der Waals surface area contributed by atoms with Crippen molar-refractivity contribution >= 4 is 28.8 Å². The number of rotatable bonds is 12. The summed E-state index contributed by atoms with van der Waals surface area (Å²) in [7, 11) is 6.49. The predicted octanol–water partition coefficient (Wildman–Crippen LogP) is 12.7. The molecular weight excluding hydrogens is 787 g/mol. The van der Waals surface area contributed by atoms with E-state index in [1.165, 1.54) is 158 Å². The Hall–Kier alpha value is -3.58. The van der Waals surface area contributed by atoms with Gasteiger partial charge in [0.2, 0.25) is 0 Å². The highest BCUT2D eigenvalue weighted by molar-refractivity contribution is 5.86. The van der Waals surface area contributed by atoms with Gasteiger partial charge in [-0.05, 0) is 117 Å². The minimum atomic E-state index is -5.08. The maximum atomic E-state index is 10.6. The number of methoxy groups -OCH3 is 1. The number of nitrogens with zero attached hydrogens (tertiary/aromatic N) is 2. The molecule has 0 unspecified atom stereocenters. The van der Waals surface area contributed by atoms with Crippen molar-refractivity contribution < 1.29 is 50.9 Å². The van der Waals surface area contributed by atoms with Crippen LogP contribution in [0.4, 0.5) is 26.3 Å². The molecular formula is C47H70F6N2O5. The summed E-state index contributed by atoms with van der Waals surface area (Å²) in [6.07, 6.45) is 21.8. The Bertz CT molecular complexity index is 1540. The summed E-state index contributed by atoms with van der Waals surface area (Å²) >= 11 is 0. The summed E-state index contributed by atoms with van der Waals surface area (Å²) in [6, 6.07) is 13.0. The molecule has 2 aromatic rings. The van der Waals surface area contributed by atoms with E-state index in [1.54, 1.807) is 7.11 Å². The number of aliphatic carboxylic acids is 2. The fourth-order valence-electron chi connectivity index (χ4n) is 8.59. The third-order valence-electron chi connectivity index (χ3n) is 11.6. The number of likely N-dealkylation sites (tertiary alicyclic amines) is 1. The number of unbranched alkanes of at least 4 members (excludes halogenated alkanes) is 6. The molecule has 60 heavy (non-hydrogen) atoms. The van der Waals surface area contributed by atoms with Crippen molar-refractivity contribution in [3.05, 3.63) is 60.7 Å². The van der Waals surface area contributed by atoms with E-state index in [4.69, 9.17) is 24.5 Å². The van der Waals surface area contributed by atoms with Crippen LogP contribution in [0.15, 0.2) is 55.1 Å². The van der Waals surface area contributed by atoms with Gasteiger partial charge in [-0.1, -0.05) is 113 Å². The van der Waals surface area contributed by atoms with E-state index in [9.17, 15) is 26.3 Å². The summed E-state index contributed by atoms with van der Waals surface area (Å²) in [6.45, 7) is 9.54. The minimum Gasteiger partial charge on any atom is -0.497 e. The number of hydrogen-bond donors (Lipinski definition) is 2. The topological polar surface area (TPSA) is 90.3 Å². The number of piperidine rings is 1. The highest BCUT2D eigenvalue weighted by Gasteiger charge is 2.39. The maximum absolute atomic E-state index is 10.6. The number of fused-ring (bicyclic) bond motifs is 3. The van der Waals surface area contributed by atoms with Crippen molar-refractivity contribution in [2.24, 2.45) is 23.7 Å². The number of carboxylic acids is 2. The van der Waals surface area contributed by atoms with Gasteiger partial charge in [0.05, 0.1) is 7.11 Å². The third-order valence-corrected chi connectivity index (χ3v) is 11.6. The van der Waals surface area contributed by atoms with Gasteiger partial charge in [-0.15, -0.1) is 6.58 Å². The highest BCUT2D eigenvalue weighted by atomic mass is 19.4. The molecule has 0 radical (unpaired) electrons. The average molecular weight is 857 g/mol. The largest absolute Gasteiger partial charge is 0.497 e. The second kappa shape index (κ2) is 28.1. The fourth-order valence-corrected chi connectivity index (χ4v) is 8.59. The summed E-state index contributed by atoms with van der Waals surface area (Å²) < 4.78 is 68.8. The van der Waals surface area contributed by atoms with Gasteiger partial charge in [0, 0.05) is 19.6 Å². The van der Waals surface area contributed by atoms with E-state index < -0.39 is 24.3 Å². The first-order valence-electron chi connectivity index (χ1n) is 21.8. The Balaban J connectivity index is 0.000000758. The lowest BCUT2D eigenvalue weighted by Crippen LogP contribution is -2.43. The molecule has 2 N–H and O–H groups in total. The molecule has 2 fully saturated rings. The van der Waals surface area contributed by atoms with Crippen LogP contribution in [0.1, 0.15) is 121 Å². The molecule has 0 aliphatic carbocycles. The molecule has 0 saturated carbocycles. The van der Waals surface area contributed by atoms with Gasteiger partial charge >= 0.3 is 24.3 Å². The first kappa shape index (κ1) is 52.6. The molecule has 2 saturated heterocycles. The molecule has 4 rings (SSSR count). The number of carboxylic acid groups (broad SMARTS) is 2. The molecule has 0 aromatic heterocycles. The standard InChI is InChI=1S/C43H68N2O.2C2HF3O2/c1-5-43-40(34-44(2)29-21-17-13-9-8-11-15-19-23-37-31-41(43)35-45(3)33-37)24-20-16-12-7-6-10-14-18-22-36-25-26-39-32-42(46-4)28-27-38(39)30-36;2*3-2(4,5)1(6)7/h5,18,22,25-28,30,32,37,40-41,43H,1,6-17,19-21,23-24,29,31,33-35H2,2-4H3;2*(H,6,7)/b22-18+;;/t37-,40-,41+,43-;;/m0../s1. The Morgan fingerprint density at radius 3 is 1.90 bits per heavy atom. The molecule has 2 bridgehead atoms. The Morgan fingerprint density at radius 2 is 1.30 bits per heavy atom. The molecule has 0 spiro atoms.